The minimum absolute atomic E-state index is 0. The summed E-state index contributed by atoms with van der Waals surface area (Å²) in [5.74, 6) is 1.70. The predicted molar refractivity (Wildman–Crippen MR) is 79.2 cm³/mol. The van der Waals surface area contributed by atoms with Crippen LogP contribution in [0.5, 0.6) is 0 Å². The Morgan fingerprint density at radius 3 is 2.56 bits per heavy atom. The Morgan fingerprint density at radius 1 is 1.39 bits per heavy atom. The highest BCUT2D eigenvalue weighted by Gasteiger charge is 2.16. The van der Waals surface area contributed by atoms with Crippen molar-refractivity contribution in [1.29, 1.82) is 0 Å². The lowest BCUT2D eigenvalue weighted by Gasteiger charge is -2.24. The predicted octanol–water partition coefficient (Wildman–Crippen LogP) is 2.69. The molecule has 1 saturated heterocycles. The zero-order valence-corrected chi connectivity index (χ0v) is 12.9. The molecule has 0 aromatic heterocycles. The maximum Gasteiger partial charge on any atom is 0.222 e. The molecule has 0 spiro atoms. The first-order valence-electron chi connectivity index (χ1n) is 7.08. The normalized spacial score (nSPS) is 17.9. The molecular weight excluding hydrogens is 248 g/mol. The first kappa shape index (κ1) is 17.7. The molecule has 3 nitrogen and oxygen atoms in total. The molecule has 1 N–H and O–H groups in total. The van der Waals surface area contributed by atoms with Crippen LogP contribution in [0.3, 0.4) is 0 Å². The zero-order chi connectivity index (χ0) is 12.7. The van der Waals surface area contributed by atoms with Gasteiger partial charge in [-0.2, -0.15) is 0 Å². The van der Waals surface area contributed by atoms with Crippen LogP contribution < -0.4 is 5.32 Å². The number of amides is 1. The maximum atomic E-state index is 11.9. The second-order valence-corrected chi connectivity index (χ2v) is 5.52. The van der Waals surface area contributed by atoms with Crippen LogP contribution >= 0.6 is 12.4 Å². The van der Waals surface area contributed by atoms with E-state index in [1.165, 1.54) is 12.8 Å². The molecule has 0 saturated carbocycles. The number of carbonyl (C=O) groups is 1. The number of hydrogen-bond acceptors (Lipinski definition) is 2. The van der Waals surface area contributed by atoms with Crippen molar-refractivity contribution in [3.63, 3.8) is 0 Å². The number of piperidine rings is 1. The van der Waals surface area contributed by atoms with Gasteiger partial charge in [-0.3, -0.25) is 4.79 Å². The summed E-state index contributed by atoms with van der Waals surface area (Å²) in [6, 6.07) is 0. The summed E-state index contributed by atoms with van der Waals surface area (Å²) in [5.41, 5.74) is 0. The van der Waals surface area contributed by atoms with Crippen LogP contribution in [0, 0.1) is 11.8 Å². The van der Waals surface area contributed by atoms with E-state index in [4.69, 9.17) is 0 Å². The Kier molecular flexibility index (Phi) is 9.47. The van der Waals surface area contributed by atoms with Gasteiger partial charge >= 0.3 is 0 Å². The molecule has 1 heterocycles. The molecule has 1 amide bonds. The average molecular weight is 277 g/mol. The molecule has 1 rings (SSSR count). The minimum atomic E-state index is 0. The van der Waals surface area contributed by atoms with E-state index in [1.807, 2.05) is 11.9 Å². The molecule has 0 aliphatic carbocycles. The van der Waals surface area contributed by atoms with E-state index in [9.17, 15) is 4.79 Å². The van der Waals surface area contributed by atoms with Gasteiger partial charge in [-0.1, -0.05) is 20.3 Å². The monoisotopic (exact) mass is 276 g/mol. The van der Waals surface area contributed by atoms with E-state index >= 15 is 0 Å². The number of rotatable bonds is 6. The highest BCUT2D eigenvalue weighted by molar-refractivity contribution is 5.85. The second kappa shape index (κ2) is 9.62. The SMILES string of the molecule is CCC(C)CN(C)C(=O)CCC1CCNCC1.Cl. The van der Waals surface area contributed by atoms with Gasteiger partial charge in [-0.15, -0.1) is 12.4 Å². The highest BCUT2D eigenvalue weighted by Crippen LogP contribution is 2.18. The summed E-state index contributed by atoms with van der Waals surface area (Å²) in [5, 5.41) is 3.36. The van der Waals surface area contributed by atoms with E-state index < -0.39 is 0 Å². The zero-order valence-electron chi connectivity index (χ0n) is 12.1. The Morgan fingerprint density at radius 2 is 2.00 bits per heavy atom. The van der Waals surface area contributed by atoms with Crippen molar-refractivity contribution in [2.75, 3.05) is 26.7 Å². The van der Waals surface area contributed by atoms with Gasteiger partial charge in [0.15, 0.2) is 0 Å². The molecule has 1 unspecified atom stereocenters. The Hall–Kier alpha value is -0.280. The molecule has 1 atom stereocenters. The van der Waals surface area contributed by atoms with Crippen molar-refractivity contribution in [2.24, 2.45) is 11.8 Å². The first-order valence-corrected chi connectivity index (χ1v) is 7.08. The third-order valence-corrected chi connectivity index (χ3v) is 3.93. The summed E-state index contributed by atoms with van der Waals surface area (Å²) in [6.07, 6.45) is 5.43. The number of nitrogens with zero attached hydrogens (tertiary/aromatic N) is 1. The van der Waals surface area contributed by atoms with Crippen molar-refractivity contribution in [2.45, 2.75) is 46.0 Å². The van der Waals surface area contributed by atoms with Gasteiger partial charge in [0, 0.05) is 20.0 Å². The first-order chi connectivity index (χ1) is 8.13. The topological polar surface area (TPSA) is 32.3 Å². The molecule has 108 valence electrons. The summed E-state index contributed by atoms with van der Waals surface area (Å²) in [4.78, 5) is 13.9. The molecule has 4 heteroatoms. The number of halogens is 1. The fraction of sp³-hybridized carbons (Fsp3) is 0.929. The van der Waals surface area contributed by atoms with Gasteiger partial charge < -0.3 is 10.2 Å². The van der Waals surface area contributed by atoms with E-state index in [-0.39, 0.29) is 12.4 Å². The van der Waals surface area contributed by atoms with Crippen LogP contribution in [0.2, 0.25) is 0 Å². The van der Waals surface area contributed by atoms with Crippen molar-refractivity contribution in [3.05, 3.63) is 0 Å². The van der Waals surface area contributed by atoms with E-state index in [0.717, 1.165) is 44.8 Å². The van der Waals surface area contributed by atoms with Crippen LogP contribution in [-0.4, -0.2) is 37.5 Å². The molecule has 0 aromatic carbocycles. The largest absolute Gasteiger partial charge is 0.345 e. The summed E-state index contributed by atoms with van der Waals surface area (Å²) in [7, 11) is 1.94. The lowest BCUT2D eigenvalue weighted by molar-refractivity contribution is -0.130. The van der Waals surface area contributed by atoms with Gasteiger partial charge in [0.25, 0.3) is 0 Å². The third kappa shape index (κ3) is 6.60. The van der Waals surface area contributed by atoms with Crippen molar-refractivity contribution >= 4 is 18.3 Å². The number of carbonyl (C=O) groups excluding carboxylic acids is 1. The van der Waals surface area contributed by atoms with Gasteiger partial charge in [-0.05, 0) is 44.2 Å². The smallest absolute Gasteiger partial charge is 0.222 e. The molecule has 1 aliphatic rings. The average Bonchev–Trinajstić information content (AvgIpc) is 2.36. The van der Waals surface area contributed by atoms with Gasteiger partial charge in [0.1, 0.15) is 0 Å². The molecule has 0 bridgehead atoms. The molecule has 0 aromatic rings. The molecule has 1 aliphatic heterocycles. The van der Waals surface area contributed by atoms with Crippen molar-refractivity contribution in [3.8, 4) is 0 Å². The minimum Gasteiger partial charge on any atom is -0.345 e. The number of nitrogens with one attached hydrogen (secondary N) is 1. The molecule has 1 fully saturated rings. The lowest BCUT2D eigenvalue weighted by atomic mass is 9.93. The van der Waals surface area contributed by atoms with Crippen molar-refractivity contribution in [1.82, 2.24) is 10.2 Å². The summed E-state index contributed by atoms with van der Waals surface area (Å²) < 4.78 is 0. The lowest BCUT2D eigenvalue weighted by Crippen LogP contribution is -2.32. The fourth-order valence-electron chi connectivity index (χ4n) is 2.39. The van der Waals surface area contributed by atoms with Gasteiger partial charge in [-0.25, -0.2) is 0 Å². The Bertz CT molecular complexity index is 230. The van der Waals surface area contributed by atoms with Crippen LogP contribution in [0.25, 0.3) is 0 Å². The maximum absolute atomic E-state index is 11.9. The van der Waals surface area contributed by atoms with E-state index in [0.29, 0.717) is 11.8 Å². The van der Waals surface area contributed by atoms with E-state index in [2.05, 4.69) is 19.2 Å². The van der Waals surface area contributed by atoms with Gasteiger partial charge in [0.2, 0.25) is 5.91 Å². The van der Waals surface area contributed by atoms with Crippen LogP contribution in [0.1, 0.15) is 46.0 Å². The fourth-order valence-corrected chi connectivity index (χ4v) is 2.39. The van der Waals surface area contributed by atoms with Crippen LogP contribution in [0.4, 0.5) is 0 Å². The Labute approximate surface area is 118 Å². The van der Waals surface area contributed by atoms with Crippen LogP contribution in [0.15, 0.2) is 0 Å². The highest BCUT2D eigenvalue weighted by atomic mass is 35.5. The summed E-state index contributed by atoms with van der Waals surface area (Å²) >= 11 is 0. The number of hydrogen-bond donors (Lipinski definition) is 1. The third-order valence-electron chi connectivity index (χ3n) is 3.93. The van der Waals surface area contributed by atoms with Gasteiger partial charge in [0.05, 0.1) is 0 Å². The van der Waals surface area contributed by atoms with Crippen LogP contribution in [-0.2, 0) is 4.79 Å². The van der Waals surface area contributed by atoms with Crippen molar-refractivity contribution < 1.29 is 4.79 Å². The Balaban J connectivity index is 0.00000289. The summed E-state index contributed by atoms with van der Waals surface area (Å²) in [6.45, 7) is 7.54. The molecular formula is C14H29ClN2O. The standard InChI is InChI=1S/C14H28N2O.ClH/c1-4-12(2)11-16(3)14(17)6-5-13-7-9-15-10-8-13;/h12-13,15H,4-11H2,1-3H3;1H. The molecule has 0 radical (unpaired) electrons. The second-order valence-electron chi connectivity index (χ2n) is 5.52. The quantitative estimate of drug-likeness (QED) is 0.809. The van der Waals surface area contributed by atoms with E-state index in [1.54, 1.807) is 0 Å². The molecule has 18 heavy (non-hydrogen) atoms.